The number of amides is 1. The Bertz CT molecular complexity index is 1410. The zero-order chi connectivity index (χ0) is 23.7. The molecule has 3 heterocycles. The third-order valence-corrected chi connectivity index (χ3v) is 6.94. The van der Waals surface area contributed by atoms with E-state index in [1.807, 2.05) is 36.4 Å². The molecule has 176 valence electrons. The van der Waals surface area contributed by atoms with E-state index in [0.717, 1.165) is 37.3 Å². The molecular formula is C27H31N5O2. The fourth-order valence-electron chi connectivity index (χ4n) is 5.09. The number of carbonyl (C=O) groups is 1. The molecule has 0 aliphatic carbocycles. The summed E-state index contributed by atoms with van der Waals surface area (Å²) in [5.74, 6) is 0.737. The van der Waals surface area contributed by atoms with Crippen molar-refractivity contribution in [2.24, 2.45) is 0 Å². The summed E-state index contributed by atoms with van der Waals surface area (Å²) >= 11 is 0. The van der Waals surface area contributed by atoms with Gasteiger partial charge in [0.2, 0.25) is 5.91 Å². The quantitative estimate of drug-likeness (QED) is 0.440. The molecule has 1 aliphatic heterocycles. The van der Waals surface area contributed by atoms with Gasteiger partial charge in [-0.1, -0.05) is 44.2 Å². The largest absolute Gasteiger partial charge is 0.355 e. The third kappa shape index (κ3) is 3.90. The van der Waals surface area contributed by atoms with Crippen LogP contribution in [-0.2, 0) is 24.3 Å². The number of nitrogens with zero attached hydrogens (tertiary/aromatic N) is 4. The van der Waals surface area contributed by atoms with Crippen molar-refractivity contribution in [2.75, 3.05) is 26.2 Å². The van der Waals surface area contributed by atoms with Crippen molar-refractivity contribution in [3.8, 4) is 11.5 Å². The molecule has 1 aliphatic rings. The molecule has 0 fully saturated rings. The lowest BCUT2D eigenvalue weighted by molar-refractivity contribution is -0.121. The van der Waals surface area contributed by atoms with Crippen LogP contribution in [0.5, 0.6) is 0 Å². The number of para-hydroxylation sites is 2. The summed E-state index contributed by atoms with van der Waals surface area (Å²) in [6.45, 7) is 8.87. The molecule has 5 rings (SSSR count). The van der Waals surface area contributed by atoms with Crippen LogP contribution >= 0.6 is 0 Å². The average molecular weight is 458 g/mol. The number of aryl methyl sites for hydroxylation is 2. The Hall–Kier alpha value is -3.45. The van der Waals surface area contributed by atoms with Gasteiger partial charge in [-0.05, 0) is 43.3 Å². The predicted molar refractivity (Wildman–Crippen MR) is 136 cm³/mol. The highest BCUT2D eigenvalue weighted by Crippen LogP contribution is 2.36. The number of fused-ring (bicyclic) bond motifs is 6. The van der Waals surface area contributed by atoms with Gasteiger partial charge in [0.1, 0.15) is 0 Å². The van der Waals surface area contributed by atoms with E-state index in [9.17, 15) is 9.59 Å². The molecular weight excluding hydrogens is 426 g/mol. The number of likely N-dealkylation sites (N-methyl/N-ethyl adjacent to an activating group) is 1. The second-order valence-corrected chi connectivity index (χ2v) is 8.78. The van der Waals surface area contributed by atoms with Gasteiger partial charge in [0, 0.05) is 43.5 Å². The number of hydrogen-bond donors (Lipinski definition) is 1. The molecule has 1 amide bonds. The minimum atomic E-state index is -0.00259. The maximum atomic E-state index is 13.2. The van der Waals surface area contributed by atoms with Crippen molar-refractivity contribution in [3.63, 3.8) is 0 Å². The lowest BCUT2D eigenvalue weighted by Crippen LogP contribution is -2.35. The average Bonchev–Trinajstić information content (AvgIpc) is 3.19. The van der Waals surface area contributed by atoms with E-state index >= 15 is 0 Å². The number of benzene rings is 2. The minimum absolute atomic E-state index is 0.00259. The van der Waals surface area contributed by atoms with Gasteiger partial charge in [0.25, 0.3) is 5.56 Å². The first-order chi connectivity index (χ1) is 16.6. The Morgan fingerprint density at radius 2 is 1.79 bits per heavy atom. The zero-order valence-electron chi connectivity index (χ0n) is 19.9. The fourth-order valence-corrected chi connectivity index (χ4v) is 5.09. The maximum absolute atomic E-state index is 13.2. The number of nitrogens with one attached hydrogen (secondary N) is 1. The van der Waals surface area contributed by atoms with Gasteiger partial charge in [-0.3, -0.25) is 14.2 Å². The molecule has 2 aromatic heterocycles. The Labute approximate surface area is 199 Å². The van der Waals surface area contributed by atoms with E-state index in [1.165, 1.54) is 10.9 Å². The molecule has 0 radical (unpaired) electrons. The standard InChI is InChI=1S/C27H31N5O2/c1-3-30(4-2)18-15-28-24(33)14-17-31-23-12-8-6-9-19(23)20-13-16-32-26(25(20)31)29-22-11-7-5-10-21(22)27(32)34/h5-12H,3-4,13-18H2,1-2H3,(H,28,33). The summed E-state index contributed by atoms with van der Waals surface area (Å²) in [6.07, 6.45) is 1.15. The van der Waals surface area contributed by atoms with Crippen molar-refractivity contribution in [2.45, 2.75) is 39.8 Å². The first kappa shape index (κ1) is 22.3. The normalized spacial score (nSPS) is 12.8. The van der Waals surface area contributed by atoms with Gasteiger partial charge in [-0.25, -0.2) is 4.98 Å². The summed E-state index contributed by atoms with van der Waals surface area (Å²) in [4.78, 5) is 33.1. The van der Waals surface area contributed by atoms with Crippen LogP contribution in [-0.4, -0.2) is 51.1 Å². The van der Waals surface area contributed by atoms with Gasteiger partial charge in [0.05, 0.1) is 16.6 Å². The van der Waals surface area contributed by atoms with Gasteiger partial charge in [-0.2, -0.15) is 0 Å². The van der Waals surface area contributed by atoms with Crippen LogP contribution in [0.25, 0.3) is 33.3 Å². The first-order valence-corrected chi connectivity index (χ1v) is 12.2. The monoisotopic (exact) mass is 457 g/mol. The lowest BCUT2D eigenvalue weighted by Gasteiger charge is -2.21. The topological polar surface area (TPSA) is 72.2 Å². The molecule has 7 nitrogen and oxygen atoms in total. The number of carbonyl (C=O) groups excluding carboxylic acids is 1. The molecule has 2 aromatic carbocycles. The van der Waals surface area contributed by atoms with Crippen LogP contribution in [0.1, 0.15) is 25.8 Å². The molecule has 0 saturated carbocycles. The van der Waals surface area contributed by atoms with E-state index in [4.69, 9.17) is 4.98 Å². The van der Waals surface area contributed by atoms with Crippen LogP contribution < -0.4 is 10.9 Å². The third-order valence-electron chi connectivity index (χ3n) is 6.94. The zero-order valence-corrected chi connectivity index (χ0v) is 19.9. The molecule has 4 aromatic rings. The van der Waals surface area contributed by atoms with Gasteiger partial charge in [-0.15, -0.1) is 0 Å². The van der Waals surface area contributed by atoms with Gasteiger partial charge in [0.15, 0.2) is 5.82 Å². The second kappa shape index (κ2) is 9.43. The Kier molecular flexibility index (Phi) is 6.20. The van der Waals surface area contributed by atoms with Crippen molar-refractivity contribution >= 4 is 27.7 Å². The number of hydrogen-bond acceptors (Lipinski definition) is 4. The van der Waals surface area contributed by atoms with E-state index in [0.29, 0.717) is 42.8 Å². The highest BCUT2D eigenvalue weighted by atomic mass is 16.1. The highest BCUT2D eigenvalue weighted by Gasteiger charge is 2.27. The smallest absolute Gasteiger partial charge is 0.261 e. The fraction of sp³-hybridized carbons (Fsp3) is 0.370. The van der Waals surface area contributed by atoms with Crippen LogP contribution in [0.3, 0.4) is 0 Å². The van der Waals surface area contributed by atoms with E-state index < -0.39 is 0 Å². The van der Waals surface area contributed by atoms with Crippen molar-refractivity contribution in [3.05, 3.63) is 64.4 Å². The summed E-state index contributed by atoms with van der Waals surface area (Å²) in [7, 11) is 0. The van der Waals surface area contributed by atoms with Crippen molar-refractivity contribution in [1.29, 1.82) is 0 Å². The van der Waals surface area contributed by atoms with E-state index in [1.54, 1.807) is 4.57 Å². The molecule has 0 unspecified atom stereocenters. The maximum Gasteiger partial charge on any atom is 0.261 e. The van der Waals surface area contributed by atoms with Crippen LogP contribution in [0.15, 0.2) is 53.3 Å². The molecule has 0 atom stereocenters. The van der Waals surface area contributed by atoms with Crippen LogP contribution in [0.4, 0.5) is 0 Å². The summed E-state index contributed by atoms with van der Waals surface area (Å²) in [5, 5.41) is 4.88. The number of aromatic nitrogens is 3. The predicted octanol–water partition coefficient (Wildman–Crippen LogP) is 3.42. The molecule has 0 saturated heterocycles. The van der Waals surface area contributed by atoms with E-state index in [2.05, 4.69) is 40.8 Å². The molecule has 7 heteroatoms. The van der Waals surface area contributed by atoms with Crippen LogP contribution in [0, 0.1) is 0 Å². The molecule has 1 N–H and O–H groups in total. The molecule has 34 heavy (non-hydrogen) atoms. The summed E-state index contributed by atoms with van der Waals surface area (Å²) in [6, 6.07) is 15.8. The Balaban J connectivity index is 1.49. The van der Waals surface area contributed by atoms with Crippen LogP contribution in [0.2, 0.25) is 0 Å². The van der Waals surface area contributed by atoms with Gasteiger partial charge >= 0.3 is 0 Å². The van der Waals surface area contributed by atoms with Gasteiger partial charge < -0.3 is 14.8 Å². The Morgan fingerprint density at radius 1 is 1.06 bits per heavy atom. The molecule has 0 bridgehead atoms. The molecule has 0 spiro atoms. The highest BCUT2D eigenvalue weighted by molar-refractivity contribution is 5.92. The summed E-state index contributed by atoms with van der Waals surface area (Å²) < 4.78 is 3.98. The lowest BCUT2D eigenvalue weighted by atomic mass is 10.0. The Morgan fingerprint density at radius 3 is 2.59 bits per heavy atom. The second-order valence-electron chi connectivity index (χ2n) is 8.78. The SMILES string of the molecule is CCN(CC)CCNC(=O)CCn1c2c(c3ccccc31)CCn1c-2nc2ccccc2c1=O. The van der Waals surface area contributed by atoms with Crippen molar-refractivity contribution in [1.82, 2.24) is 24.3 Å². The summed E-state index contributed by atoms with van der Waals surface area (Å²) in [5.41, 5.74) is 3.96. The number of rotatable bonds is 8. The van der Waals surface area contributed by atoms with Crippen molar-refractivity contribution < 1.29 is 4.79 Å². The van der Waals surface area contributed by atoms with E-state index in [-0.39, 0.29) is 11.5 Å². The minimum Gasteiger partial charge on any atom is -0.355 e. The first-order valence-electron chi connectivity index (χ1n) is 12.2.